The van der Waals surface area contributed by atoms with Crippen LogP contribution >= 0.6 is 0 Å². The molecule has 0 saturated heterocycles. The lowest BCUT2D eigenvalue weighted by Crippen LogP contribution is -2.27. The molecule has 96 valence electrons. The zero-order valence-electron chi connectivity index (χ0n) is 11.1. The molecule has 4 heteroatoms. The van der Waals surface area contributed by atoms with Gasteiger partial charge in [-0.15, -0.1) is 0 Å². The van der Waals surface area contributed by atoms with E-state index in [-0.39, 0.29) is 5.41 Å². The van der Waals surface area contributed by atoms with E-state index in [2.05, 4.69) is 36.2 Å². The van der Waals surface area contributed by atoms with Crippen molar-refractivity contribution in [1.82, 2.24) is 15.5 Å². The molecule has 2 rings (SSSR count). The minimum atomic E-state index is 0.216. The molecule has 1 atom stereocenters. The first-order valence-electron chi connectivity index (χ1n) is 6.70. The van der Waals surface area contributed by atoms with Gasteiger partial charge in [0.1, 0.15) is 0 Å². The molecular weight excluding hydrogens is 214 g/mol. The van der Waals surface area contributed by atoms with Crippen LogP contribution in [0.3, 0.4) is 0 Å². The van der Waals surface area contributed by atoms with Gasteiger partial charge in [-0.25, -0.2) is 0 Å². The van der Waals surface area contributed by atoms with Crippen molar-refractivity contribution in [2.75, 3.05) is 6.54 Å². The minimum absolute atomic E-state index is 0.216. The smallest absolute Gasteiger partial charge is 0.226 e. The predicted molar refractivity (Wildman–Crippen MR) is 67.0 cm³/mol. The molecule has 1 aromatic rings. The third-order valence-electron chi connectivity index (χ3n) is 3.54. The normalized spacial score (nSPS) is 19.2. The average Bonchev–Trinajstić information content (AvgIpc) is 2.90. The number of aryl methyl sites for hydroxylation is 1. The maximum absolute atomic E-state index is 5.30. The highest BCUT2D eigenvalue weighted by Gasteiger charge is 2.43. The van der Waals surface area contributed by atoms with Crippen LogP contribution in [0.2, 0.25) is 0 Å². The van der Waals surface area contributed by atoms with Crippen molar-refractivity contribution >= 4 is 0 Å². The molecule has 1 aliphatic rings. The fraction of sp³-hybridized carbons (Fsp3) is 0.846. The Hall–Kier alpha value is -0.900. The van der Waals surface area contributed by atoms with E-state index in [1.807, 2.05) is 0 Å². The summed E-state index contributed by atoms with van der Waals surface area (Å²) in [4.78, 5) is 4.49. The Bertz CT molecular complexity index is 357. The number of nitrogens with one attached hydrogen (secondary N) is 1. The fourth-order valence-corrected chi connectivity index (χ4v) is 1.85. The summed E-state index contributed by atoms with van der Waals surface area (Å²) in [6.45, 7) is 7.66. The summed E-state index contributed by atoms with van der Waals surface area (Å²) in [6.07, 6.45) is 5.49. The average molecular weight is 237 g/mol. The summed E-state index contributed by atoms with van der Waals surface area (Å²) in [6, 6.07) is 0.516. The molecule has 1 heterocycles. The molecule has 0 spiro atoms. The number of hydrogen-bond acceptors (Lipinski definition) is 4. The van der Waals surface area contributed by atoms with E-state index in [9.17, 15) is 0 Å². The van der Waals surface area contributed by atoms with Gasteiger partial charge in [0.25, 0.3) is 0 Å². The SMILES string of the molecule is CCCNC(C)CCc1nc(C2(C)CC2)no1. The molecule has 17 heavy (non-hydrogen) atoms. The third kappa shape index (κ3) is 3.28. The number of hydrogen-bond donors (Lipinski definition) is 1. The fourth-order valence-electron chi connectivity index (χ4n) is 1.85. The molecule has 0 aliphatic heterocycles. The molecule has 0 bridgehead atoms. The van der Waals surface area contributed by atoms with Gasteiger partial charge >= 0.3 is 0 Å². The van der Waals surface area contributed by atoms with Crippen LogP contribution in [0.1, 0.15) is 58.2 Å². The lowest BCUT2D eigenvalue weighted by Gasteiger charge is -2.10. The van der Waals surface area contributed by atoms with E-state index < -0.39 is 0 Å². The quantitative estimate of drug-likeness (QED) is 0.791. The number of nitrogens with zero attached hydrogens (tertiary/aromatic N) is 2. The Morgan fingerprint density at radius 2 is 2.24 bits per heavy atom. The van der Waals surface area contributed by atoms with Gasteiger partial charge in [0.15, 0.2) is 5.82 Å². The second-order valence-electron chi connectivity index (χ2n) is 5.47. The molecule has 1 fully saturated rings. The van der Waals surface area contributed by atoms with E-state index in [4.69, 9.17) is 4.52 Å². The monoisotopic (exact) mass is 237 g/mol. The molecular formula is C13H23N3O. The first-order valence-corrected chi connectivity index (χ1v) is 6.70. The van der Waals surface area contributed by atoms with Crippen LogP contribution in [0.25, 0.3) is 0 Å². The van der Waals surface area contributed by atoms with E-state index in [1.165, 1.54) is 19.3 Å². The van der Waals surface area contributed by atoms with Crippen molar-refractivity contribution in [2.45, 2.75) is 64.3 Å². The van der Waals surface area contributed by atoms with Crippen LogP contribution < -0.4 is 5.32 Å². The molecule has 1 aromatic heterocycles. The topological polar surface area (TPSA) is 51.0 Å². The first-order chi connectivity index (χ1) is 8.14. The van der Waals surface area contributed by atoms with Crippen molar-refractivity contribution < 1.29 is 4.52 Å². The highest BCUT2D eigenvalue weighted by Crippen LogP contribution is 2.45. The molecule has 1 aliphatic carbocycles. The largest absolute Gasteiger partial charge is 0.339 e. The van der Waals surface area contributed by atoms with Gasteiger partial charge in [-0.3, -0.25) is 0 Å². The van der Waals surface area contributed by atoms with Crippen LogP contribution in [-0.4, -0.2) is 22.7 Å². The summed E-state index contributed by atoms with van der Waals surface area (Å²) < 4.78 is 5.30. The molecule has 0 amide bonds. The molecule has 0 radical (unpaired) electrons. The lowest BCUT2D eigenvalue weighted by atomic mass is 10.1. The van der Waals surface area contributed by atoms with Crippen molar-refractivity contribution in [2.24, 2.45) is 0 Å². The number of aromatic nitrogens is 2. The van der Waals surface area contributed by atoms with Crippen LogP contribution in [0.4, 0.5) is 0 Å². The molecule has 1 unspecified atom stereocenters. The van der Waals surface area contributed by atoms with E-state index in [0.717, 1.165) is 31.1 Å². The maximum Gasteiger partial charge on any atom is 0.226 e. The Kier molecular flexibility index (Phi) is 3.82. The van der Waals surface area contributed by atoms with Crippen molar-refractivity contribution in [3.63, 3.8) is 0 Å². The zero-order valence-corrected chi connectivity index (χ0v) is 11.1. The standard InChI is InChI=1S/C13H23N3O/c1-4-9-14-10(2)5-6-11-15-12(16-17-11)13(3)7-8-13/h10,14H,4-9H2,1-3H3. The second-order valence-corrected chi connectivity index (χ2v) is 5.47. The summed E-state index contributed by atoms with van der Waals surface area (Å²) in [5.74, 6) is 1.69. The van der Waals surface area contributed by atoms with Gasteiger partial charge in [-0.05, 0) is 39.2 Å². The Morgan fingerprint density at radius 1 is 1.47 bits per heavy atom. The summed E-state index contributed by atoms with van der Waals surface area (Å²) in [7, 11) is 0. The Morgan fingerprint density at radius 3 is 2.88 bits per heavy atom. The van der Waals surface area contributed by atoms with Crippen molar-refractivity contribution in [3.05, 3.63) is 11.7 Å². The van der Waals surface area contributed by atoms with Gasteiger partial charge in [-0.2, -0.15) is 4.98 Å². The molecule has 0 aromatic carbocycles. The van der Waals surface area contributed by atoms with E-state index in [0.29, 0.717) is 6.04 Å². The molecule has 1 saturated carbocycles. The summed E-state index contributed by atoms with van der Waals surface area (Å²) in [5.41, 5.74) is 0.216. The van der Waals surface area contributed by atoms with Crippen LogP contribution in [0, 0.1) is 0 Å². The van der Waals surface area contributed by atoms with Crippen LogP contribution in [0.15, 0.2) is 4.52 Å². The summed E-state index contributed by atoms with van der Waals surface area (Å²) >= 11 is 0. The maximum atomic E-state index is 5.30. The van der Waals surface area contributed by atoms with Crippen LogP contribution in [-0.2, 0) is 11.8 Å². The van der Waals surface area contributed by atoms with Gasteiger partial charge in [0.2, 0.25) is 5.89 Å². The first kappa shape index (κ1) is 12.6. The summed E-state index contributed by atoms with van der Waals surface area (Å²) in [5, 5.41) is 7.55. The second kappa shape index (κ2) is 5.17. The minimum Gasteiger partial charge on any atom is -0.339 e. The van der Waals surface area contributed by atoms with Crippen LogP contribution in [0.5, 0.6) is 0 Å². The van der Waals surface area contributed by atoms with Gasteiger partial charge in [-0.1, -0.05) is 19.0 Å². The van der Waals surface area contributed by atoms with E-state index >= 15 is 0 Å². The molecule has 1 N–H and O–H groups in total. The van der Waals surface area contributed by atoms with Crippen molar-refractivity contribution in [1.29, 1.82) is 0 Å². The van der Waals surface area contributed by atoms with Gasteiger partial charge in [0, 0.05) is 17.9 Å². The van der Waals surface area contributed by atoms with Gasteiger partial charge < -0.3 is 9.84 Å². The highest BCUT2D eigenvalue weighted by atomic mass is 16.5. The predicted octanol–water partition coefficient (Wildman–Crippen LogP) is 2.44. The lowest BCUT2D eigenvalue weighted by molar-refractivity contribution is 0.359. The van der Waals surface area contributed by atoms with E-state index in [1.54, 1.807) is 0 Å². The number of rotatable bonds is 7. The molecule has 4 nitrogen and oxygen atoms in total. The Balaban J connectivity index is 1.77. The highest BCUT2D eigenvalue weighted by molar-refractivity contribution is 5.14. The third-order valence-corrected chi connectivity index (χ3v) is 3.54. The Labute approximate surface area is 103 Å². The zero-order chi connectivity index (χ0) is 12.3. The van der Waals surface area contributed by atoms with Gasteiger partial charge in [0.05, 0.1) is 0 Å². The van der Waals surface area contributed by atoms with Crippen molar-refractivity contribution in [3.8, 4) is 0 Å².